The molecule has 0 radical (unpaired) electrons. The highest BCUT2D eigenvalue weighted by Crippen LogP contribution is 2.36. The van der Waals surface area contributed by atoms with Crippen molar-refractivity contribution in [2.24, 2.45) is 5.73 Å². The van der Waals surface area contributed by atoms with E-state index in [0.29, 0.717) is 16.9 Å². The maximum atomic E-state index is 13.4. The minimum absolute atomic E-state index is 0.0603. The Bertz CT molecular complexity index is 1510. The lowest BCUT2D eigenvalue weighted by Crippen LogP contribution is -2.16. The van der Waals surface area contributed by atoms with Gasteiger partial charge in [-0.15, -0.1) is 0 Å². The maximum absolute atomic E-state index is 13.4. The van der Waals surface area contributed by atoms with E-state index in [9.17, 15) is 17.6 Å². The molecule has 0 spiro atoms. The molecule has 0 aliphatic heterocycles. The number of amides is 1. The summed E-state index contributed by atoms with van der Waals surface area (Å²) < 4.78 is 46.5. The fourth-order valence-electron chi connectivity index (χ4n) is 3.46. The molecule has 0 saturated carbocycles. The van der Waals surface area contributed by atoms with E-state index in [-0.39, 0.29) is 34.3 Å². The number of carbonyl (C=O) groups is 1. The number of hydrogen-bond donors (Lipinski definition) is 4. The number of nitrogens with one attached hydrogen (secondary N) is 3. The molecule has 0 aliphatic carbocycles. The number of primary amides is 1. The van der Waals surface area contributed by atoms with Gasteiger partial charge in [-0.25, -0.2) is 17.8 Å². The van der Waals surface area contributed by atoms with Crippen LogP contribution in [0.15, 0.2) is 61.1 Å². The fourth-order valence-corrected chi connectivity index (χ4v) is 4.10. The van der Waals surface area contributed by atoms with E-state index in [2.05, 4.69) is 30.2 Å². The van der Waals surface area contributed by atoms with Crippen molar-refractivity contribution in [1.29, 1.82) is 0 Å². The van der Waals surface area contributed by atoms with Gasteiger partial charge < -0.3 is 15.8 Å². The molecule has 0 fully saturated rings. The van der Waals surface area contributed by atoms with Crippen molar-refractivity contribution < 1.29 is 22.3 Å². The van der Waals surface area contributed by atoms with Crippen LogP contribution in [-0.2, 0) is 10.0 Å². The van der Waals surface area contributed by atoms with E-state index < -0.39 is 27.9 Å². The Kier molecular flexibility index (Phi) is 7.34. The smallest absolute Gasteiger partial charge is 0.254 e. The number of H-pyrrole nitrogens is 1. The predicted octanol–water partition coefficient (Wildman–Crippen LogP) is 3.75. The number of rotatable bonds is 10. The second-order valence-corrected chi connectivity index (χ2v) is 9.94. The molecule has 0 bridgehead atoms. The number of hydrogen-bond acceptors (Lipinski definition) is 8. The summed E-state index contributed by atoms with van der Waals surface area (Å²) >= 11 is 0. The number of benzene rings is 2. The molecule has 4 aromatic rings. The van der Waals surface area contributed by atoms with Crippen LogP contribution in [0, 0.1) is 5.82 Å². The van der Waals surface area contributed by atoms with Crippen LogP contribution < -0.4 is 20.5 Å². The van der Waals surface area contributed by atoms with Gasteiger partial charge in [0.2, 0.25) is 10.0 Å². The summed E-state index contributed by atoms with van der Waals surface area (Å²) in [7, 11) is -3.63. The number of aromatic nitrogens is 4. The Hall–Kier alpha value is -4.52. The van der Waals surface area contributed by atoms with E-state index in [0.717, 1.165) is 0 Å². The Morgan fingerprint density at radius 3 is 2.59 bits per heavy atom. The lowest BCUT2D eigenvalue weighted by atomic mass is 10.1. The molecule has 2 aromatic carbocycles. The second kappa shape index (κ2) is 10.6. The quantitative estimate of drug-likeness (QED) is 0.243. The molecular weight excluding hydrogens is 501 g/mol. The molecular formula is C24H24FN7O4S. The molecule has 2 heterocycles. The van der Waals surface area contributed by atoms with Crippen LogP contribution >= 0.6 is 0 Å². The van der Waals surface area contributed by atoms with E-state index in [1.807, 2.05) is 0 Å². The molecule has 0 aliphatic rings. The van der Waals surface area contributed by atoms with Crippen molar-refractivity contribution in [1.82, 2.24) is 20.2 Å². The average molecular weight is 526 g/mol. The average Bonchev–Trinajstić information content (AvgIpc) is 3.29. The van der Waals surface area contributed by atoms with Gasteiger partial charge in [-0.3, -0.25) is 19.6 Å². The van der Waals surface area contributed by atoms with Gasteiger partial charge >= 0.3 is 0 Å². The third-order valence-corrected chi connectivity index (χ3v) is 6.66. The highest BCUT2D eigenvalue weighted by molar-refractivity contribution is 7.92. The summed E-state index contributed by atoms with van der Waals surface area (Å²) in [6, 6.07) is 10.4. The van der Waals surface area contributed by atoms with Gasteiger partial charge in [0, 0.05) is 18.0 Å². The highest BCUT2D eigenvalue weighted by atomic mass is 32.2. The normalized spacial score (nSPS) is 12.1. The SMILES string of the molecule is CCS(=O)(=O)Nc1ccc(-c2n[nH]c(Nc3cnccn3)c2C(N)=O)cc1O[C@H](C)c1ccc(F)cc1. The third kappa shape index (κ3) is 6.01. The van der Waals surface area contributed by atoms with Gasteiger partial charge in [0.05, 0.1) is 17.6 Å². The van der Waals surface area contributed by atoms with Crippen molar-refractivity contribution in [3.8, 4) is 17.0 Å². The van der Waals surface area contributed by atoms with Crippen LogP contribution in [-0.4, -0.2) is 40.2 Å². The van der Waals surface area contributed by atoms with Crippen molar-refractivity contribution in [2.45, 2.75) is 20.0 Å². The molecule has 4 rings (SSSR count). The van der Waals surface area contributed by atoms with Crippen LogP contribution in [0.2, 0.25) is 0 Å². The zero-order valence-electron chi connectivity index (χ0n) is 19.9. The number of anilines is 3. The predicted molar refractivity (Wildman–Crippen MR) is 136 cm³/mol. The van der Waals surface area contributed by atoms with E-state index >= 15 is 0 Å². The minimum Gasteiger partial charge on any atom is -0.484 e. The highest BCUT2D eigenvalue weighted by Gasteiger charge is 2.23. The van der Waals surface area contributed by atoms with Gasteiger partial charge in [0.1, 0.15) is 40.6 Å². The Balaban J connectivity index is 1.75. The molecule has 0 saturated heterocycles. The first kappa shape index (κ1) is 25.6. The van der Waals surface area contributed by atoms with Crippen LogP contribution in [0.25, 0.3) is 11.3 Å². The number of sulfonamides is 1. The van der Waals surface area contributed by atoms with Gasteiger partial charge in [-0.2, -0.15) is 5.10 Å². The monoisotopic (exact) mass is 525 g/mol. The fraction of sp³-hybridized carbons (Fsp3) is 0.167. The Labute approximate surface area is 212 Å². The zero-order chi connectivity index (χ0) is 26.6. The van der Waals surface area contributed by atoms with E-state index in [4.69, 9.17) is 10.5 Å². The lowest BCUT2D eigenvalue weighted by Gasteiger charge is -2.19. The first-order chi connectivity index (χ1) is 17.7. The first-order valence-electron chi connectivity index (χ1n) is 11.1. The summed E-state index contributed by atoms with van der Waals surface area (Å²) in [4.78, 5) is 20.4. The molecule has 13 heteroatoms. The maximum Gasteiger partial charge on any atom is 0.254 e. The molecule has 192 valence electrons. The topological polar surface area (TPSA) is 165 Å². The Morgan fingerprint density at radius 2 is 1.95 bits per heavy atom. The Morgan fingerprint density at radius 1 is 1.19 bits per heavy atom. The summed E-state index contributed by atoms with van der Waals surface area (Å²) in [6.07, 6.45) is 3.87. The van der Waals surface area contributed by atoms with E-state index in [1.54, 1.807) is 31.2 Å². The summed E-state index contributed by atoms with van der Waals surface area (Å²) in [6.45, 7) is 3.25. The van der Waals surface area contributed by atoms with Crippen molar-refractivity contribution in [3.05, 3.63) is 78.0 Å². The third-order valence-electron chi connectivity index (χ3n) is 5.37. The zero-order valence-corrected chi connectivity index (χ0v) is 20.7. The standard InChI is InChI=1S/C24H24FN7O4S/c1-3-37(34,35)32-18-9-6-16(12-19(18)36-14(2)15-4-7-17(25)8-5-15)22-21(23(26)33)24(31-30-22)29-20-13-27-10-11-28-20/h4-14,32H,3H2,1-2H3,(H2,26,33)(H2,28,29,30,31)/t14-/m1/s1. The number of nitrogens with zero attached hydrogens (tertiary/aromatic N) is 3. The molecule has 11 nitrogen and oxygen atoms in total. The summed E-state index contributed by atoms with van der Waals surface area (Å²) in [5, 5.41) is 9.90. The van der Waals surface area contributed by atoms with Crippen LogP contribution in [0.3, 0.4) is 0 Å². The number of nitrogens with two attached hydrogens (primary N) is 1. The van der Waals surface area contributed by atoms with Crippen LogP contribution in [0.1, 0.15) is 35.9 Å². The number of ether oxygens (including phenoxy) is 1. The molecule has 5 N–H and O–H groups in total. The van der Waals surface area contributed by atoms with Gasteiger partial charge in [-0.1, -0.05) is 18.2 Å². The van der Waals surface area contributed by atoms with Crippen molar-refractivity contribution in [2.75, 3.05) is 15.8 Å². The van der Waals surface area contributed by atoms with Crippen molar-refractivity contribution >= 4 is 33.3 Å². The number of halogens is 1. The largest absolute Gasteiger partial charge is 0.484 e. The molecule has 2 aromatic heterocycles. The summed E-state index contributed by atoms with van der Waals surface area (Å²) in [5.74, 6) is -0.550. The van der Waals surface area contributed by atoms with Crippen LogP contribution in [0.5, 0.6) is 5.75 Å². The molecule has 1 amide bonds. The lowest BCUT2D eigenvalue weighted by molar-refractivity contribution is 0.100. The molecule has 0 unspecified atom stereocenters. The van der Waals surface area contributed by atoms with Crippen molar-refractivity contribution in [3.63, 3.8) is 0 Å². The van der Waals surface area contributed by atoms with Gasteiger partial charge in [0.15, 0.2) is 0 Å². The van der Waals surface area contributed by atoms with Gasteiger partial charge in [0.25, 0.3) is 5.91 Å². The number of carbonyl (C=O) groups excluding carboxylic acids is 1. The second-order valence-electron chi connectivity index (χ2n) is 7.93. The van der Waals surface area contributed by atoms with Crippen LogP contribution in [0.4, 0.5) is 21.7 Å². The summed E-state index contributed by atoms with van der Waals surface area (Å²) in [5.41, 5.74) is 7.22. The minimum atomic E-state index is -3.63. The van der Waals surface area contributed by atoms with Gasteiger partial charge in [-0.05, 0) is 43.7 Å². The molecule has 37 heavy (non-hydrogen) atoms. The first-order valence-corrected chi connectivity index (χ1v) is 12.8. The number of aromatic amines is 1. The van der Waals surface area contributed by atoms with E-state index in [1.165, 1.54) is 43.7 Å². The molecule has 1 atom stereocenters.